The number of aromatic hydroxyl groups is 1. The molecule has 0 aliphatic carbocycles. The van der Waals surface area contributed by atoms with Crippen LogP contribution in [0.5, 0.6) is 5.75 Å². The van der Waals surface area contributed by atoms with Crippen molar-refractivity contribution in [3.05, 3.63) is 143 Å². The van der Waals surface area contributed by atoms with Crippen LogP contribution in [0, 0.1) is 0 Å². The number of amides is 1. The van der Waals surface area contributed by atoms with Gasteiger partial charge in [0.15, 0.2) is 0 Å². The standard InChI is InChI=1S/C39H43Cl2N7O4.C4H10/c1-27(44-26-30-23-33(40)25-34(41)24-30)31-9-11-35(12-10-31)45-29(3)47-39(48-36-13-15-37(49)16-14-36)46-28(2)42-17-19-51-21-22-52-20-18-43-38(50)32-7-5-4-6-8-32;1-3-4-2/h4-16,23-25,44-45,49H,1,3,17-22,26H2,2H3,(H,43,50)(H2,42,46,47,48);3-4H2,1-2H3. The molecular weight excluding hydrogens is 749 g/mol. The van der Waals surface area contributed by atoms with Crippen LogP contribution in [0.25, 0.3) is 5.70 Å². The van der Waals surface area contributed by atoms with Crippen LogP contribution in [-0.4, -0.2) is 62.3 Å². The lowest BCUT2D eigenvalue weighted by Gasteiger charge is -2.16. The van der Waals surface area contributed by atoms with E-state index in [4.69, 9.17) is 32.7 Å². The van der Waals surface area contributed by atoms with Crippen LogP contribution in [-0.2, 0) is 16.0 Å². The van der Waals surface area contributed by atoms with Crippen LogP contribution in [0.1, 0.15) is 55.1 Å². The number of halogens is 2. The van der Waals surface area contributed by atoms with E-state index >= 15 is 0 Å². The summed E-state index contributed by atoms with van der Waals surface area (Å²) in [6.45, 7) is 17.3. The van der Waals surface area contributed by atoms with Gasteiger partial charge < -0.3 is 41.2 Å². The van der Waals surface area contributed by atoms with Crippen LogP contribution in [0.4, 0.5) is 11.4 Å². The van der Waals surface area contributed by atoms with E-state index in [1.165, 1.54) is 12.8 Å². The fraction of sp³-hybridized carbons (Fsp3) is 0.279. The van der Waals surface area contributed by atoms with Crippen molar-refractivity contribution in [2.75, 3.05) is 50.2 Å². The second-order valence-electron chi connectivity index (χ2n) is 12.3. The van der Waals surface area contributed by atoms with Gasteiger partial charge in [0, 0.05) is 45.8 Å². The molecular formula is C43H53Cl2N7O4. The first kappa shape index (κ1) is 45.1. The average molecular weight is 803 g/mol. The second-order valence-corrected chi connectivity index (χ2v) is 13.2. The van der Waals surface area contributed by atoms with Gasteiger partial charge in [0.2, 0.25) is 5.96 Å². The highest BCUT2D eigenvalue weighted by Crippen LogP contribution is 2.21. The van der Waals surface area contributed by atoms with E-state index < -0.39 is 0 Å². The third-order valence-corrected chi connectivity index (χ3v) is 8.08. The predicted molar refractivity (Wildman–Crippen MR) is 233 cm³/mol. The van der Waals surface area contributed by atoms with Gasteiger partial charge in [0.25, 0.3) is 5.91 Å². The SMILES string of the molecule is C=C(NC(=NC(C)=NCCOCCOCCNC(=O)c1ccccc1)Nc1ccc(O)cc1)Nc1ccc(C(=C)NCc2cc(Cl)cc(Cl)c2)cc1.CCCC. The van der Waals surface area contributed by atoms with Crippen LogP contribution in [0.15, 0.2) is 126 Å². The number of unbranched alkanes of at least 4 members (excludes halogenated alkanes) is 1. The largest absolute Gasteiger partial charge is 0.508 e. The van der Waals surface area contributed by atoms with Gasteiger partial charge in [-0.05, 0) is 84.8 Å². The van der Waals surface area contributed by atoms with E-state index in [1.54, 1.807) is 49.4 Å². The van der Waals surface area contributed by atoms with Crippen LogP contribution in [0.3, 0.4) is 0 Å². The summed E-state index contributed by atoms with van der Waals surface area (Å²) in [7, 11) is 0. The Kier molecular flexibility index (Phi) is 20.7. The predicted octanol–water partition coefficient (Wildman–Crippen LogP) is 9.09. The van der Waals surface area contributed by atoms with Crippen molar-refractivity contribution in [1.29, 1.82) is 0 Å². The number of amidine groups is 1. The fourth-order valence-corrected chi connectivity index (χ4v) is 5.19. The maximum absolute atomic E-state index is 12.0. The number of aliphatic imine (C=N–C) groups is 2. The molecule has 6 N–H and O–H groups in total. The quantitative estimate of drug-likeness (QED) is 0.0239. The van der Waals surface area contributed by atoms with Crippen molar-refractivity contribution in [1.82, 2.24) is 16.0 Å². The smallest absolute Gasteiger partial charge is 0.251 e. The zero-order chi connectivity index (χ0) is 40.5. The Morgan fingerprint density at radius 2 is 1.36 bits per heavy atom. The average Bonchev–Trinajstić information content (AvgIpc) is 3.18. The van der Waals surface area contributed by atoms with Gasteiger partial charge in [-0.1, -0.05) is 93.4 Å². The number of nitrogens with one attached hydrogen (secondary N) is 5. The fourth-order valence-electron chi connectivity index (χ4n) is 4.62. The summed E-state index contributed by atoms with van der Waals surface area (Å²) in [6.07, 6.45) is 2.64. The Hall–Kier alpha value is -5.33. The molecule has 0 aliphatic heterocycles. The highest BCUT2D eigenvalue weighted by Gasteiger charge is 2.07. The van der Waals surface area contributed by atoms with E-state index in [2.05, 4.69) is 63.6 Å². The first-order chi connectivity index (χ1) is 27.1. The number of guanidine groups is 1. The highest BCUT2D eigenvalue weighted by molar-refractivity contribution is 6.34. The third kappa shape index (κ3) is 18.3. The molecule has 298 valence electrons. The number of phenols is 1. The summed E-state index contributed by atoms with van der Waals surface area (Å²) in [6, 6.07) is 28.8. The summed E-state index contributed by atoms with van der Waals surface area (Å²) < 4.78 is 11.2. The molecule has 0 fully saturated rings. The van der Waals surface area contributed by atoms with E-state index in [0.717, 1.165) is 22.5 Å². The lowest BCUT2D eigenvalue weighted by atomic mass is 10.1. The number of nitrogens with zero attached hydrogens (tertiary/aromatic N) is 2. The lowest BCUT2D eigenvalue weighted by molar-refractivity contribution is 0.0512. The van der Waals surface area contributed by atoms with Crippen molar-refractivity contribution in [3.63, 3.8) is 0 Å². The molecule has 0 radical (unpaired) electrons. The molecule has 0 aromatic heterocycles. The maximum atomic E-state index is 12.0. The molecule has 0 saturated carbocycles. The molecule has 0 saturated heterocycles. The minimum absolute atomic E-state index is 0.131. The van der Waals surface area contributed by atoms with Gasteiger partial charge in [-0.3, -0.25) is 9.79 Å². The molecule has 56 heavy (non-hydrogen) atoms. The van der Waals surface area contributed by atoms with Crippen LogP contribution in [0.2, 0.25) is 10.0 Å². The van der Waals surface area contributed by atoms with Crippen LogP contribution < -0.4 is 26.6 Å². The Bertz CT molecular complexity index is 1850. The summed E-state index contributed by atoms with van der Waals surface area (Å²) >= 11 is 12.2. The molecule has 11 nitrogen and oxygen atoms in total. The van der Waals surface area contributed by atoms with Crippen molar-refractivity contribution < 1.29 is 19.4 Å². The number of carbonyl (C=O) groups is 1. The number of phenolic OH excluding ortho intramolecular Hbond substituents is 1. The second kappa shape index (κ2) is 25.7. The molecule has 0 unspecified atom stereocenters. The number of hydrogen-bond acceptors (Lipinski definition) is 7. The number of rotatable bonds is 19. The van der Waals surface area contributed by atoms with Gasteiger partial charge in [-0.15, -0.1) is 0 Å². The van der Waals surface area contributed by atoms with Crippen molar-refractivity contribution >= 4 is 58.0 Å². The molecule has 0 atom stereocenters. The van der Waals surface area contributed by atoms with Crippen molar-refractivity contribution in [3.8, 4) is 5.75 Å². The number of benzene rings is 4. The Morgan fingerprint density at radius 1 is 0.750 bits per heavy atom. The minimum atomic E-state index is -0.131. The van der Waals surface area contributed by atoms with E-state index in [0.29, 0.717) is 85.0 Å². The normalized spacial score (nSPS) is 11.2. The Morgan fingerprint density at radius 3 is 2.00 bits per heavy atom. The van der Waals surface area contributed by atoms with Gasteiger partial charge in [0.05, 0.1) is 33.0 Å². The first-order valence-electron chi connectivity index (χ1n) is 18.4. The van der Waals surface area contributed by atoms with E-state index in [9.17, 15) is 9.90 Å². The zero-order valence-electron chi connectivity index (χ0n) is 32.3. The molecule has 0 heterocycles. The molecule has 0 aliphatic rings. The Balaban J connectivity index is 0.00000200. The zero-order valence-corrected chi connectivity index (χ0v) is 33.8. The third-order valence-electron chi connectivity index (χ3n) is 7.65. The van der Waals surface area contributed by atoms with E-state index in [1.807, 2.05) is 54.6 Å². The monoisotopic (exact) mass is 801 g/mol. The minimum Gasteiger partial charge on any atom is -0.508 e. The number of ether oxygens (including phenoxy) is 2. The Labute approximate surface area is 340 Å². The van der Waals surface area contributed by atoms with Crippen LogP contribution >= 0.6 is 23.2 Å². The van der Waals surface area contributed by atoms with Gasteiger partial charge in [-0.25, -0.2) is 4.99 Å². The first-order valence-corrected chi connectivity index (χ1v) is 19.2. The molecule has 4 aromatic rings. The maximum Gasteiger partial charge on any atom is 0.251 e. The number of hydrogen-bond donors (Lipinski definition) is 6. The summed E-state index contributed by atoms with van der Waals surface area (Å²) in [5, 5.41) is 26.6. The molecule has 13 heteroatoms. The van der Waals surface area contributed by atoms with Gasteiger partial charge in [-0.2, -0.15) is 0 Å². The van der Waals surface area contributed by atoms with Gasteiger partial charge in [0.1, 0.15) is 17.4 Å². The lowest BCUT2D eigenvalue weighted by Crippen LogP contribution is -2.33. The molecule has 4 rings (SSSR count). The molecule has 1 amide bonds. The molecule has 0 spiro atoms. The number of carbonyl (C=O) groups excluding carboxylic acids is 1. The molecule has 4 aromatic carbocycles. The summed E-state index contributed by atoms with van der Waals surface area (Å²) in [5.74, 6) is 1.35. The van der Waals surface area contributed by atoms with E-state index in [-0.39, 0.29) is 11.7 Å². The number of anilines is 2. The summed E-state index contributed by atoms with van der Waals surface area (Å²) in [4.78, 5) is 21.1. The highest BCUT2D eigenvalue weighted by atomic mass is 35.5. The summed E-state index contributed by atoms with van der Waals surface area (Å²) in [5.41, 5.74) is 4.73. The molecule has 0 bridgehead atoms. The van der Waals surface area contributed by atoms with Crippen molar-refractivity contribution in [2.45, 2.75) is 40.2 Å². The van der Waals surface area contributed by atoms with Gasteiger partial charge >= 0.3 is 0 Å². The topological polar surface area (TPSA) is 141 Å². The van der Waals surface area contributed by atoms with Crippen molar-refractivity contribution in [2.24, 2.45) is 9.98 Å².